The largest absolute Gasteiger partial charge is 0.384 e. The van der Waals surface area contributed by atoms with E-state index in [1.54, 1.807) is 12.1 Å². The van der Waals surface area contributed by atoms with E-state index in [0.717, 1.165) is 0 Å². The fraction of sp³-hybridized carbons (Fsp3) is 0.250. The monoisotopic (exact) mass is 218 g/mol. The van der Waals surface area contributed by atoms with Gasteiger partial charge in [-0.15, -0.1) is 0 Å². The van der Waals surface area contributed by atoms with Gasteiger partial charge in [0.05, 0.1) is 5.69 Å². The van der Waals surface area contributed by atoms with Crippen molar-refractivity contribution in [2.24, 2.45) is 0 Å². The molecule has 0 spiro atoms. The summed E-state index contributed by atoms with van der Waals surface area (Å²) in [5.41, 5.74) is 1.32. The normalized spacial score (nSPS) is 8.88. The molecule has 1 aromatic rings. The van der Waals surface area contributed by atoms with E-state index >= 15 is 0 Å². The summed E-state index contributed by atoms with van der Waals surface area (Å²) >= 11 is 0. The topological polar surface area (TPSA) is 61.4 Å². The van der Waals surface area contributed by atoms with Crippen LogP contribution >= 0.6 is 0 Å². The van der Waals surface area contributed by atoms with Gasteiger partial charge in [-0.3, -0.25) is 0 Å². The minimum atomic E-state index is -0.263. The molecule has 0 aliphatic carbocycles. The number of hydrogen-bond acceptors (Lipinski definition) is 2. The number of aliphatic hydroxyl groups is 1. The van der Waals surface area contributed by atoms with Gasteiger partial charge >= 0.3 is 6.03 Å². The van der Waals surface area contributed by atoms with Crippen LogP contribution in [0.3, 0.4) is 0 Å². The van der Waals surface area contributed by atoms with Crippen molar-refractivity contribution in [2.75, 3.05) is 18.5 Å². The van der Waals surface area contributed by atoms with Crippen LogP contribution in [-0.2, 0) is 0 Å². The first-order chi connectivity index (χ1) is 7.77. The fourth-order valence-corrected chi connectivity index (χ4v) is 1.16. The second kappa shape index (κ2) is 6.49. The second-order valence-corrected chi connectivity index (χ2v) is 2.99. The molecule has 0 fully saturated rings. The third kappa shape index (κ3) is 3.64. The molecule has 3 N–H and O–H groups in total. The summed E-state index contributed by atoms with van der Waals surface area (Å²) in [5, 5.41) is 13.9. The predicted octanol–water partition coefficient (Wildman–Crippen LogP) is 1.17. The summed E-state index contributed by atoms with van der Waals surface area (Å²) in [6, 6.07) is 6.91. The van der Waals surface area contributed by atoms with Crippen molar-refractivity contribution in [1.29, 1.82) is 0 Å². The highest BCUT2D eigenvalue weighted by Crippen LogP contribution is 2.13. The second-order valence-electron chi connectivity index (χ2n) is 2.99. The maximum atomic E-state index is 11.3. The average Bonchev–Trinajstić information content (AvgIpc) is 2.28. The molecule has 16 heavy (non-hydrogen) atoms. The lowest BCUT2D eigenvalue weighted by molar-refractivity contribution is 0.252. The smallest absolute Gasteiger partial charge is 0.319 e. The van der Waals surface area contributed by atoms with Crippen molar-refractivity contribution in [3.63, 3.8) is 0 Å². The first-order valence-corrected chi connectivity index (χ1v) is 5.01. The van der Waals surface area contributed by atoms with Crippen LogP contribution in [0.25, 0.3) is 0 Å². The summed E-state index contributed by atoms with van der Waals surface area (Å²) < 4.78 is 0. The maximum Gasteiger partial charge on any atom is 0.319 e. The molecule has 0 saturated carbocycles. The molecule has 1 rings (SSSR count). The molecule has 0 unspecified atom stereocenters. The van der Waals surface area contributed by atoms with Gasteiger partial charge in [-0.25, -0.2) is 4.79 Å². The van der Waals surface area contributed by atoms with Crippen molar-refractivity contribution in [3.05, 3.63) is 29.8 Å². The molecule has 0 bridgehead atoms. The van der Waals surface area contributed by atoms with E-state index in [4.69, 9.17) is 5.11 Å². The van der Waals surface area contributed by atoms with Crippen molar-refractivity contribution in [3.8, 4) is 11.8 Å². The first kappa shape index (κ1) is 12.1. The van der Waals surface area contributed by atoms with Gasteiger partial charge in [0.2, 0.25) is 0 Å². The Labute approximate surface area is 94.7 Å². The van der Waals surface area contributed by atoms with E-state index in [2.05, 4.69) is 22.5 Å². The van der Waals surface area contributed by atoms with E-state index in [1.165, 1.54) is 0 Å². The van der Waals surface area contributed by atoms with Crippen LogP contribution in [0, 0.1) is 11.8 Å². The highest BCUT2D eigenvalue weighted by Gasteiger charge is 2.02. The zero-order valence-corrected chi connectivity index (χ0v) is 9.08. The Morgan fingerprint density at radius 2 is 2.19 bits per heavy atom. The van der Waals surface area contributed by atoms with Gasteiger partial charge in [-0.05, 0) is 19.1 Å². The molecule has 0 heterocycles. The Morgan fingerprint density at radius 3 is 2.88 bits per heavy atom. The third-order valence-corrected chi connectivity index (χ3v) is 1.81. The van der Waals surface area contributed by atoms with Crippen molar-refractivity contribution in [2.45, 2.75) is 6.92 Å². The lowest BCUT2D eigenvalue weighted by atomic mass is 10.2. The van der Waals surface area contributed by atoms with Crippen LogP contribution < -0.4 is 10.6 Å². The zero-order chi connectivity index (χ0) is 11.8. The molecular weight excluding hydrogens is 204 g/mol. The number of para-hydroxylation sites is 1. The molecular formula is C12H14N2O2. The molecule has 0 aliphatic heterocycles. The minimum absolute atomic E-state index is 0.199. The lowest BCUT2D eigenvalue weighted by Crippen LogP contribution is -2.28. The Bertz CT molecular complexity index is 419. The molecule has 4 heteroatoms. The SMILES string of the molecule is CCNC(=O)Nc1ccccc1C#CCO. The number of benzene rings is 1. The van der Waals surface area contributed by atoms with Crippen LogP contribution in [0.5, 0.6) is 0 Å². The number of carbonyl (C=O) groups excluding carboxylic acids is 1. The van der Waals surface area contributed by atoms with Crippen LogP contribution in [0.1, 0.15) is 12.5 Å². The standard InChI is InChI=1S/C12H14N2O2/c1-2-13-12(16)14-11-8-4-3-6-10(11)7-5-9-15/h3-4,6,8,15H,2,9H2,1H3,(H2,13,14,16). The Hall–Kier alpha value is -1.99. The van der Waals surface area contributed by atoms with Gasteiger partial charge in [-0.1, -0.05) is 24.0 Å². The van der Waals surface area contributed by atoms with Crippen LogP contribution in [0.4, 0.5) is 10.5 Å². The van der Waals surface area contributed by atoms with E-state index in [0.29, 0.717) is 17.8 Å². The number of aliphatic hydroxyl groups excluding tert-OH is 1. The Morgan fingerprint density at radius 1 is 1.44 bits per heavy atom. The molecule has 0 saturated heterocycles. The number of amides is 2. The molecule has 0 aliphatic rings. The Kier molecular flexibility index (Phi) is 4.90. The van der Waals surface area contributed by atoms with Crippen LogP contribution in [0.2, 0.25) is 0 Å². The van der Waals surface area contributed by atoms with E-state index in [-0.39, 0.29) is 12.6 Å². The fourth-order valence-electron chi connectivity index (χ4n) is 1.16. The minimum Gasteiger partial charge on any atom is -0.384 e. The number of urea groups is 1. The van der Waals surface area contributed by atoms with E-state index < -0.39 is 0 Å². The molecule has 0 aromatic heterocycles. The van der Waals surface area contributed by atoms with Gasteiger partial charge in [0.25, 0.3) is 0 Å². The molecule has 2 amide bonds. The van der Waals surface area contributed by atoms with Crippen molar-refractivity contribution >= 4 is 11.7 Å². The molecule has 1 aromatic carbocycles. The lowest BCUT2D eigenvalue weighted by Gasteiger charge is -2.07. The average molecular weight is 218 g/mol. The summed E-state index contributed by atoms with van der Waals surface area (Å²) in [4.78, 5) is 11.3. The number of anilines is 1. The highest BCUT2D eigenvalue weighted by atomic mass is 16.2. The maximum absolute atomic E-state index is 11.3. The Balaban J connectivity index is 2.82. The number of rotatable bonds is 2. The number of nitrogens with one attached hydrogen (secondary N) is 2. The van der Waals surface area contributed by atoms with Gasteiger partial charge in [-0.2, -0.15) is 0 Å². The summed E-state index contributed by atoms with van der Waals surface area (Å²) in [6.07, 6.45) is 0. The molecule has 0 radical (unpaired) electrons. The highest BCUT2D eigenvalue weighted by molar-refractivity contribution is 5.90. The van der Waals surface area contributed by atoms with Crippen molar-refractivity contribution in [1.82, 2.24) is 5.32 Å². The van der Waals surface area contributed by atoms with Crippen molar-refractivity contribution < 1.29 is 9.90 Å². The van der Waals surface area contributed by atoms with E-state index in [9.17, 15) is 4.79 Å². The van der Waals surface area contributed by atoms with Gasteiger partial charge in [0.15, 0.2) is 0 Å². The van der Waals surface area contributed by atoms with Gasteiger partial charge < -0.3 is 15.7 Å². The molecule has 4 nitrogen and oxygen atoms in total. The van der Waals surface area contributed by atoms with Crippen LogP contribution in [-0.4, -0.2) is 24.3 Å². The van der Waals surface area contributed by atoms with Crippen LogP contribution in [0.15, 0.2) is 24.3 Å². The third-order valence-electron chi connectivity index (χ3n) is 1.81. The van der Waals surface area contributed by atoms with Gasteiger partial charge in [0.1, 0.15) is 6.61 Å². The quantitative estimate of drug-likeness (QED) is 0.652. The van der Waals surface area contributed by atoms with E-state index in [1.807, 2.05) is 19.1 Å². The molecule has 0 atom stereocenters. The first-order valence-electron chi connectivity index (χ1n) is 5.01. The summed E-state index contributed by atoms with van der Waals surface area (Å²) in [6.45, 7) is 2.21. The summed E-state index contributed by atoms with van der Waals surface area (Å²) in [5.74, 6) is 5.31. The number of hydrogen-bond donors (Lipinski definition) is 3. The zero-order valence-electron chi connectivity index (χ0n) is 9.08. The summed E-state index contributed by atoms with van der Waals surface area (Å²) in [7, 11) is 0. The predicted molar refractivity (Wildman–Crippen MR) is 63.1 cm³/mol. The number of carbonyl (C=O) groups is 1. The van der Waals surface area contributed by atoms with Gasteiger partial charge in [0, 0.05) is 12.1 Å². The molecule has 84 valence electrons.